The summed E-state index contributed by atoms with van der Waals surface area (Å²) < 4.78 is 8.61. The maximum absolute atomic E-state index is 12.4. The van der Waals surface area contributed by atoms with E-state index in [1.54, 1.807) is 7.05 Å². The molecule has 120 valence electrons. The number of rotatable bonds is 4. The number of hydrogen-bond acceptors (Lipinski definition) is 7. The number of nitrogens with zero attached hydrogens (tertiary/aromatic N) is 5. The van der Waals surface area contributed by atoms with E-state index in [0.29, 0.717) is 0 Å². The van der Waals surface area contributed by atoms with Crippen LogP contribution in [0.5, 0.6) is 0 Å². The fourth-order valence-corrected chi connectivity index (χ4v) is 2.07. The van der Waals surface area contributed by atoms with Crippen LogP contribution in [-0.4, -0.2) is 47.6 Å². The van der Waals surface area contributed by atoms with Crippen molar-refractivity contribution in [1.82, 2.24) is 18.7 Å². The Kier molecular flexibility index (Phi) is 4.31. The molecule has 0 aliphatic rings. The highest BCUT2D eigenvalue weighted by atomic mass is 16.5. The fourth-order valence-electron chi connectivity index (χ4n) is 2.07. The Labute approximate surface area is 124 Å². The minimum atomic E-state index is -1.12. The van der Waals surface area contributed by atoms with Gasteiger partial charge in [-0.2, -0.15) is 0 Å². The van der Waals surface area contributed by atoms with Gasteiger partial charge in [-0.3, -0.25) is 13.9 Å². The molecule has 0 amide bonds. The van der Waals surface area contributed by atoms with Gasteiger partial charge in [-0.1, -0.05) is 5.16 Å². The van der Waals surface area contributed by atoms with Crippen LogP contribution in [0.25, 0.3) is 11.2 Å². The first-order valence-corrected chi connectivity index (χ1v) is 6.47. The highest BCUT2D eigenvalue weighted by Crippen LogP contribution is 2.03. The van der Waals surface area contributed by atoms with Crippen molar-refractivity contribution in [3.63, 3.8) is 0 Å². The first-order chi connectivity index (χ1) is 10.4. The molecular formula is C12H17N5O5. The van der Waals surface area contributed by atoms with Crippen LogP contribution in [-0.2, 0) is 25.4 Å². The van der Waals surface area contributed by atoms with Crippen LogP contribution >= 0.6 is 0 Å². The van der Waals surface area contributed by atoms with Gasteiger partial charge in [-0.05, 0) is 0 Å². The van der Waals surface area contributed by atoms with E-state index in [1.165, 1.54) is 29.4 Å². The van der Waals surface area contributed by atoms with E-state index >= 15 is 0 Å². The summed E-state index contributed by atoms with van der Waals surface area (Å²) in [5.41, 5.74) is -0.571. The molecule has 10 heteroatoms. The fraction of sp³-hybridized carbons (Fsp3) is 0.500. The topological polar surface area (TPSA) is 124 Å². The molecule has 10 nitrogen and oxygen atoms in total. The van der Waals surface area contributed by atoms with Crippen LogP contribution in [0, 0.1) is 0 Å². The molecule has 0 radical (unpaired) electrons. The number of aromatic nitrogens is 4. The Morgan fingerprint density at radius 3 is 2.77 bits per heavy atom. The number of imidazole rings is 1. The van der Waals surface area contributed by atoms with Crippen molar-refractivity contribution in [2.75, 3.05) is 6.61 Å². The van der Waals surface area contributed by atoms with Gasteiger partial charge in [0.2, 0.25) is 5.90 Å². The number of fused-ring (bicyclic) bond motifs is 1. The zero-order chi connectivity index (χ0) is 16.4. The molecule has 2 rings (SSSR count). The summed E-state index contributed by atoms with van der Waals surface area (Å²) in [4.78, 5) is 28.6. The largest absolute Gasteiger partial charge is 0.476 e. The molecule has 0 saturated heterocycles. The van der Waals surface area contributed by atoms with E-state index in [-0.39, 0.29) is 30.2 Å². The second-order valence-electron chi connectivity index (χ2n) is 4.87. The van der Waals surface area contributed by atoms with Crippen LogP contribution in [0.15, 0.2) is 21.1 Å². The SMILES string of the molecule is CC(=NO)OCC(O)Cn1c(=O)c2c(ncn2C)n(C)c1=O. The van der Waals surface area contributed by atoms with Gasteiger partial charge in [0.25, 0.3) is 5.56 Å². The minimum Gasteiger partial charge on any atom is -0.476 e. The van der Waals surface area contributed by atoms with Gasteiger partial charge in [-0.15, -0.1) is 0 Å². The van der Waals surface area contributed by atoms with Gasteiger partial charge in [-0.25, -0.2) is 9.78 Å². The second-order valence-corrected chi connectivity index (χ2v) is 4.87. The zero-order valence-corrected chi connectivity index (χ0v) is 12.4. The summed E-state index contributed by atoms with van der Waals surface area (Å²) in [6.45, 7) is 0.944. The number of ether oxygens (including phenoxy) is 1. The van der Waals surface area contributed by atoms with Crippen LogP contribution in [0.2, 0.25) is 0 Å². The molecule has 0 saturated carbocycles. The Balaban J connectivity index is 2.37. The Hall–Kier alpha value is -2.62. The minimum absolute atomic E-state index is 0.0265. The Bertz CT molecular complexity index is 831. The summed E-state index contributed by atoms with van der Waals surface area (Å²) in [5.74, 6) is -0.0265. The van der Waals surface area contributed by atoms with E-state index in [0.717, 1.165) is 4.57 Å². The third-order valence-electron chi connectivity index (χ3n) is 3.22. The molecule has 2 N–H and O–H groups in total. The van der Waals surface area contributed by atoms with Gasteiger partial charge >= 0.3 is 5.69 Å². The molecule has 1 unspecified atom stereocenters. The quantitative estimate of drug-likeness (QED) is 0.310. The van der Waals surface area contributed by atoms with E-state index in [1.807, 2.05) is 0 Å². The van der Waals surface area contributed by atoms with Gasteiger partial charge in [0.15, 0.2) is 11.2 Å². The number of hydrogen-bond donors (Lipinski definition) is 2. The second kappa shape index (κ2) is 6.02. The van der Waals surface area contributed by atoms with Crippen molar-refractivity contribution in [3.05, 3.63) is 27.2 Å². The smallest absolute Gasteiger partial charge is 0.332 e. The predicted molar refractivity (Wildman–Crippen MR) is 77.1 cm³/mol. The van der Waals surface area contributed by atoms with E-state index < -0.39 is 17.4 Å². The molecule has 0 fully saturated rings. The molecule has 2 aromatic heterocycles. The standard InChI is InChI=1S/C12H17N5O5/c1-7(14-21)22-5-8(18)4-17-11(19)9-10(13-6-15(9)2)16(3)12(17)20/h6,8,18,21H,4-5H2,1-3H3. The van der Waals surface area contributed by atoms with Crippen LogP contribution in [0.1, 0.15) is 6.92 Å². The molecule has 2 heterocycles. The maximum Gasteiger partial charge on any atom is 0.332 e. The lowest BCUT2D eigenvalue weighted by Crippen LogP contribution is -2.43. The average Bonchev–Trinajstić information content (AvgIpc) is 2.89. The molecule has 22 heavy (non-hydrogen) atoms. The molecule has 1 atom stereocenters. The normalized spacial score (nSPS) is 13.5. The van der Waals surface area contributed by atoms with Crippen molar-refractivity contribution in [3.8, 4) is 0 Å². The number of aryl methyl sites for hydroxylation is 2. The molecule has 2 aromatic rings. The summed E-state index contributed by atoms with van der Waals surface area (Å²) in [7, 11) is 3.14. The lowest BCUT2D eigenvalue weighted by Gasteiger charge is -2.13. The Morgan fingerprint density at radius 2 is 2.14 bits per heavy atom. The van der Waals surface area contributed by atoms with Crippen molar-refractivity contribution in [1.29, 1.82) is 0 Å². The summed E-state index contributed by atoms with van der Waals surface area (Å²) in [5, 5.41) is 21.1. The molecule has 0 aromatic carbocycles. The first-order valence-electron chi connectivity index (χ1n) is 6.47. The van der Waals surface area contributed by atoms with Gasteiger partial charge in [0, 0.05) is 21.0 Å². The monoisotopic (exact) mass is 311 g/mol. The van der Waals surface area contributed by atoms with Crippen LogP contribution < -0.4 is 11.2 Å². The van der Waals surface area contributed by atoms with Gasteiger partial charge in [0.05, 0.1) is 12.9 Å². The van der Waals surface area contributed by atoms with Crippen molar-refractivity contribution >= 4 is 17.1 Å². The van der Waals surface area contributed by atoms with E-state index in [4.69, 9.17) is 9.94 Å². The lowest BCUT2D eigenvalue weighted by molar-refractivity contribution is 0.0817. The number of aliphatic hydroxyl groups is 1. The third kappa shape index (κ3) is 2.72. The first kappa shape index (κ1) is 15.8. The lowest BCUT2D eigenvalue weighted by atomic mass is 10.3. The highest BCUT2D eigenvalue weighted by Gasteiger charge is 2.17. The predicted octanol–water partition coefficient (Wildman–Crippen LogP) is -1.38. The van der Waals surface area contributed by atoms with Crippen molar-refractivity contribution in [2.24, 2.45) is 19.3 Å². The van der Waals surface area contributed by atoms with Gasteiger partial charge in [0.1, 0.15) is 12.7 Å². The van der Waals surface area contributed by atoms with Crippen molar-refractivity contribution < 1.29 is 15.1 Å². The summed E-state index contributed by atoms with van der Waals surface area (Å²) in [6.07, 6.45) is 0.323. The van der Waals surface area contributed by atoms with Gasteiger partial charge < -0.3 is 19.6 Å². The van der Waals surface area contributed by atoms with Crippen LogP contribution in [0.3, 0.4) is 0 Å². The molecular weight excluding hydrogens is 294 g/mol. The highest BCUT2D eigenvalue weighted by molar-refractivity contribution is 5.72. The Morgan fingerprint density at radius 1 is 1.45 bits per heavy atom. The molecule has 0 spiro atoms. The van der Waals surface area contributed by atoms with E-state index in [2.05, 4.69) is 10.1 Å². The molecule has 0 aliphatic heterocycles. The number of aliphatic hydroxyl groups excluding tert-OH is 1. The molecule has 0 bridgehead atoms. The molecule has 0 aliphatic carbocycles. The van der Waals surface area contributed by atoms with Crippen molar-refractivity contribution in [2.45, 2.75) is 19.6 Å². The summed E-state index contributed by atoms with van der Waals surface area (Å²) >= 11 is 0. The van der Waals surface area contributed by atoms with Crippen LogP contribution in [0.4, 0.5) is 0 Å². The summed E-state index contributed by atoms with van der Waals surface area (Å²) in [6, 6.07) is 0. The van der Waals surface area contributed by atoms with E-state index in [9.17, 15) is 14.7 Å². The zero-order valence-electron chi connectivity index (χ0n) is 12.4. The maximum atomic E-state index is 12.4. The third-order valence-corrected chi connectivity index (χ3v) is 3.22. The number of oxime groups is 1. The average molecular weight is 311 g/mol.